The van der Waals surface area contributed by atoms with Crippen LogP contribution < -0.4 is 59.9 Å². The van der Waals surface area contributed by atoms with Gasteiger partial charge in [0, 0.05) is 79.1 Å². The Bertz CT molecular complexity index is 3270. The second-order valence-corrected chi connectivity index (χ2v) is 25.3. The molecule has 0 spiro atoms. The topological polar surface area (TPSA) is 354 Å². The summed E-state index contributed by atoms with van der Waals surface area (Å²) < 4.78 is 100. The van der Waals surface area contributed by atoms with Crippen molar-refractivity contribution >= 4 is 53.9 Å². The Morgan fingerprint density at radius 1 is 0.576 bits per heavy atom. The van der Waals surface area contributed by atoms with Crippen molar-refractivity contribution in [2.45, 2.75) is 108 Å². The number of nitrogens with zero attached hydrogens (tertiary/aromatic N) is 3. The van der Waals surface area contributed by atoms with E-state index in [2.05, 4.69) is 24.3 Å². The zero-order valence-corrected chi connectivity index (χ0v) is 59.6. The minimum atomic E-state index is -3.23. The number of rotatable bonds is 16. The Balaban J connectivity index is -0.000000318. The van der Waals surface area contributed by atoms with Crippen molar-refractivity contribution in [3.05, 3.63) is 158 Å². The van der Waals surface area contributed by atoms with Crippen LogP contribution in [0.1, 0.15) is 134 Å². The molecular weight excluding hydrogens is 1260 g/mol. The van der Waals surface area contributed by atoms with Crippen LogP contribution in [0.3, 0.4) is 0 Å². The predicted octanol–water partition coefficient (Wildman–Crippen LogP) is 8.58. The van der Waals surface area contributed by atoms with Crippen LogP contribution in [0.25, 0.3) is 5.70 Å². The Hall–Kier alpha value is -6.68. The van der Waals surface area contributed by atoms with Gasteiger partial charge in [0.25, 0.3) is 0 Å². The van der Waals surface area contributed by atoms with Crippen LogP contribution in [0.5, 0.6) is 28.7 Å². The molecule has 0 aliphatic carbocycles. The van der Waals surface area contributed by atoms with E-state index in [1.54, 1.807) is 54.6 Å². The summed E-state index contributed by atoms with van der Waals surface area (Å²) in [6.07, 6.45) is 12.0. The molecule has 2 heterocycles. The maximum atomic E-state index is 11.2. The molecule has 7 rings (SSSR count). The van der Waals surface area contributed by atoms with Crippen molar-refractivity contribution in [3.8, 4) is 47.0 Å². The number of aryl methyl sites for hydroxylation is 5. The molecule has 26 heteroatoms. The summed E-state index contributed by atoms with van der Waals surface area (Å²) in [5, 5.41) is 32.1. The number of ether oxygens (including phenoxy) is 7. The number of carbonyl (C=O) groups is 1. The predicted molar refractivity (Wildman–Crippen MR) is 365 cm³/mol. The summed E-state index contributed by atoms with van der Waals surface area (Å²) in [6.45, 7) is 27.8. The minimum Gasteiger partial charge on any atom is -0.494 e. The molecule has 5 aromatic carbocycles. The first-order valence-electron chi connectivity index (χ1n) is 28.7. The van der Waals surface area contributed by atoms with Gasteiger partial charge in [-0.2, -0.15) is 15.8 Å². The first kappa shape index (κ1) is 94.0. The van der Waals surface area contributed by atoms with Crippen molar-refractivity contribution in [1.29, 1.82) is 15.8 Å². The van der Waals surface area contributed by atoms with Crippen molar-refractivity contribution in [1.82, 2.24) is 0 Å². The number of nitrogens with two attached hydrogens (primary N) is 3. The van der Waals surface area contributed by atoms with E-state index in [1.807, 2.05) is 112 Å². The van der Waals surface area contributed by atoms with Crippen LogP contribution in [0.15, 0.2) is 96.4 Å². The van der Waals surface area contributed by atoms with Gasteiger partial charge in [-0.3, -0.25) is 13.2 Å². The Morgan fingerprint density at radius 2 is 0.880 bits per heavy atom. The standard InChI is InChI=1S/C12H19NO3S.C12H17NO3S.2C10H11NO.C10H12O2.2C4H8O.C2H3N.C2H5O2S.ClH.Li.H3NO/c2*1-4-16-12-7-10(6-5-9(12)2)11(13)8-17(3,14)15;3*1-3-12-10-6-9(7-11)5-4-8(10)2;2*1-2-4-5-3-1;1-2-3;1-5(2,3)4;;;1-2/h5-7,11H,4,8,13H2,1-3H3;5-8H,4,13H2,1-3H3;2*4-6H,3H2,1-2H3;4-7H,3H2,1-2H3;2*1-4H2;1H3;1H2,2H3;1H;;2H,1H2/q;;;;;;;;-1;;+1;. The van der Waals surface area contributed by atoms with Gasteiger partial charge in [-0.05, 0) is 171 Å². The largest absolute Gasteiger partial charge is 1.00 e. The third kappa shape index (κ3) is 49.0. The first-order valence-corrected chi connectivity index (χ1v) is 34.8. The van der Waals surface area contributed by atoms with E-state index in [1.165, 1.54) is 38.9 Å². The van der Waals surface area contributed by atoms with Crippen LogP contribution >= 0.6 is 12.4 Å². The first-order chi connectivity index (χ1) is 42.4. The summed E-state index contributed by atoms with van der Waals surface area (Å²) in [5.41, 5.74) is 20.4. The van der Waals surface area contributed by atoms with E-state index in [0.29, 0.717) is 55.3 Å². The molecule has 0 amide bonds. The molecule has 0 radical (unpaired) electrons. The number of aldehydes is 1. The number of sulfone groups is 3. The van der Waals surface area contributed by atoms with E-state index in [9.17, 15) is 30.0 Å². The summed E-state index contributed by atoms with van der Waals surface area (Å²) >= 11 is 0. The Labute approximate surface area is 567 Å². The maximum Gasteiger partial charge on any atom is 1.00 e. The van der Waals surface area contributed by atoms with Gasteiger partial charge in [0.2, 0.25) is 0 Å². The average Bonchev–Trinajstić information content (AvgIpc) is 1.29. The van der Waals surface area contributed by atoms with Gasteiger partial charge in [0.1, 0.15) is 44.9 Å². The molecular formula is C66H98ClLiN6O15S3. The summed E-state index contributed by atoms with van der Waals surface area (Å²) in [5.74, 6) is 7.32. The Kier molecular flexibility index (Phi) is 56.0. The second-order valence-electron chi connectivity index (χ2n) is 19.4. The average molecular weight is 1350 g/mol. The normalized spacial score (nSPS) is 11.8. The molecule has 2 aliphatic heterocycles. The third-order valence-corrected chi connectivity index (χ3v) is 12.8. The van der Waals surface area contributed by atoms with Crippen molar-refractivity contribution in [3.63, 3.8) is 0 Å². The molecule has 1 unspecified atom stereocenters. The molecule has 2 fully saturated rings. The number of hydrogen-bond acceptors (Lipinski definition) is 21. The van der Waals surface area contributed by atoms with Gasteiger partial charge < -0.3 is 49.8 Å². The van der Waals surface area contributed by atoms with E-state index < -0.39 is 35.6 Å². The second kappa shape index (κ2) is 54.8. The zero-order valence-electron chi connectivity index (χ0n) is 56.4. The number of carbonyl (C=O) groups excluding carboxylic acids is 1. The molecule has 1 atom stereocenters. The molecule has 5 aromatic rings. The van der Waals surface area contributed by atoms with Crippen LogP contribution in [-0.2, 0) is 39.0 Å². The van der Waals surface area contributed by atoms with E-state index >= 15 is 0 Å². The van der Waals surface area contributed by atoms with Crippen molar-refractivity contribution < 1.29 is 87.3 Å². The smallest absolute Gasteiger partial charge is 0.494 e. The minimum absolute atomic E-state index is 0. The Morgan fingerprint density at radius 3 is 1.17 bits per heavy atom. The fraction of sp³-hybridized carbons (Fsp3) is 0.439. The summed E-state index contributed by atoms with van der Waals surface area (Å²) in [4.78, 5) is 10.4. The fourth-order valence-electron chi connectivity index (χ4n) is 6.95. The van der Waals surface area contributed by atoms with Crippen LogP contribution in [0.2, 0.25) is 0 Å². The van der Waals surface area contributed by atoms with E-state index in [-0.39, 0.29) is 42.7 Å². The molecule has 7 N–H and O–H groups in total. The molecule has 92 heavy (non-hydrogen) atoms. The van der Waals surface area contributed by atoms with Crippen molar-refractivity contribution in [2.24, 2.45) is 17.4 Å². The van der Waals surface area contributed by atoms with Gasteiger partial charge in [0.15, 0.2) is 9.84 Å². The molecule has 0 aromatic heterocycles. The van der Waals surface area contributed by atoms with E-state index in [4.69, 9.17) is 65.6 Å². The van der Waals surface area contributed by atoms with E-state index in [0.717, 1.165) is 113 Å². The molecule has 2 saturated heterocycles. The van der Waals surface area contributed by atoms with Crippen LogP contribution in [0, 0.1) is 74.9 Å². The number of benzene rings is 5. The molecule has 0 bridgehead atoms. The number of hydrogen-bond donors (Lipinski definition) is 4. The van der Waals surface area contributed by atoms with Gasteiger partial charge >= 0.3 is 18.9 Å². The van der Waals surface area contributed by atoms with Crippen molar-refractivity contribution in [2.75, 3.05) is 84.0 Å². The summed E-state index contributed by atoms with van der Waals surface area (Å²) in [7, 11) is -9.22. The van der Waals surface area contributed by atoms with Gasteiger partial charge in [0.05, 0.1) is 79.2 Å². The third-order valence-electron chi connectivity index (χ3n) is 11.1. The molecule has 21 nitrogen and oxygen atoms in total. The summed E-state index contributed by atoms with van der Waals surface area (Å²) in [6, 6.07) is 32.6. The zero-order chi connectivity index (χ0) is 69.3. The van der Waals surface area contributed by atoms with Gasteiger partial charge in [-0.15, -0.1) is 12.4 Å². The molecule has 0 saturated carbocycles. The van der Waals surface area contributed by atoms with Gasteiger partial charge in [-0.25, -0.2) is 29.0 Å². The fourth-order valence-corrected chi connectivity index (χ4v) is 8.40. The van der Waals surface area contributed by atoms with Gasteiger partial charge in [-0.1, -0.05) is 48.5 Å². The number of halogens is 1. The SMILES string of the molecule is C1CCOC1.C1CCOC1.CC#N.CCOc1cc(C#N)ccc1C.CCOc1cc(C#N)ccc1C.CCOc1cc(C(N)=CS(C)(=O)=O)ccc1C.CCOc1cc(C(N)CS(C)(=O)=O)ccc1C.CCOc1cc(C=O)ccc1C.Cl.NO.[CH2-]S(C)(=O)=O.[Li+]. The van der Waals surface area contributed by atoms with Crippen LogP contribution in [0.4, 0.5) is 0 Å². The maximum absolute atomic E-state index is 11.2. The molecule has 2 aliphatic rings. The molecule has 508 valence electrons. The van der Waals surface area contributed by atoms with Crippen LogP contribution in [-0.4, -0.2) is 121 Å². The quantitative estimate of drug-likeness (QED) is 0.0311. The number of nitriles is 3. The monoisotopic (exact) mass is 1350 g/mol.